The minimum absolute atomic E-state index is 0.0875. The lowest BCUT2D eigenvalue weighted by molar-refractivity contribution is 0.0978. The summed E-state index contributed by atoms with van der Waals surface area (Å²) in [5, 5.41) is 0. The van der Waals surface area contributed by atoms with Gasteiger partial charge in [0.1, 0.15) is 5.69 Å². The second kappa shape index (κ2) is 4.75. The van der Waals surface area contributed by atoms with E-state index in [2.05, 4.69) is 29.0 Å². The molecule has 16 heavy (non-hydrogen) atoms. The second-order valence-corrected chi connectivity index (χ2v) is 3.80. The summed E-state index contributed by atoms with van der Waals surface area (Å²) >= 11 is 0. The van der Waals surface area contributed by atoms with E-state index in [0.29, 0.717) is 12.1 Å². The summed E-state index contributed by atoms with van der Waals surface area (Å²) in [5.74, 6) is 0.0875. The molecule has 0 amide bonds. The van der Waals surface area contributed by atoms with Gasteiger partial charge in [0.15, 0.2) is 5.78 Å². The number of benzene rings is 1. The van der Waals surface area contributed by atoms with Gasteiger partial charge in [-0.3, -0.25) is 4.79 Å². The molecule has 3 heteroatoms. The van der Waals surface area contributed by atoms with E-state index in [9.17, 15) is 4.79 Å². The van der Waals surface area contributed by atoms with Gasteiger partial charge in [0, 0.05) is 12.6 Å². The van der Waals surface area contributed by atoms with Crippen LogP contribution in [0.2, 0.25) is 0 Å². The van der Waals surface area contributed by atoms with Crippen LogP contribution in [0.25, 0.3) is 0 Å². The molecule has 1 aromatic heterocycles. The quantitative estimate of drug-likeness (QED) is 0.795. The van der Waals surface area contributed by atoms with Crippen molar-refractivity contribution in [2.45, 2.75) is 19.8 Å². The molecule has 0 saturated carbocycles. The highest BCUT2D eigenvalue weighted by Gasteiger charge is 2.08. The number of H-pyrrole nitrogens is 1. The van der Waals surface area contributed by atoms with Crippen molar-refractivity contribution < 1.29 is 4.79 Å². The Morgan fingerprint density at radius 2 is 2.19 bits per heavy atom. The molecule has 82 valence electrons. The van der Waals surface area contributed by atoms with Gasteiger partial charge < -0.3 is 4.98 Å². The Kier molecular flexibility index (Phi) is 3.15. The summed E-state index contributed by atoms with van der Waals surface area (Å²) < 4.78 is 0. The number of nitrogens with one attached hydrogen (secondary N) is 1. The number of hydrogen-bond donors (Lipinski definition) is 1. The van der Waals surface area contributed by atoms with Crippen LogP contribution in [0.5, 0.6) is 0 Å². The number of aromatic amines is 1. The van der Waals surface area contributed by atoms with Gasteiger partial charge in [-0.2, -0.15) is 0 Å². The molecule has 2 aromatic rings. The van der Waals surface area contributed by atoms with Crippen LogP contribution in [-0.4, -0.2) is 15.8 Å². The first-order valence-electron chi connectivity index (χ1n) is 5.34. The molecule has 1 N–H and O–H groups in total. The zero-order valence-corrected chi connectivity index (χ0v) is 9.23. The monoisotopic (exact) mass is 214 g/mol. The molecule has 3 nitrogen and oxygen atoms in total. The van der Waals surface area contributed by atoms with Gasteiger partial charge in [0.2, 0.25) is 0 Å². The number of ketones is 1. The fourth-order valence-corrected chi connectivity index (χ4v) is 1.68. The first-order chi connectivity index (χ1) is 7.77. The first kappa shape index (κ1) is 10.6. The third kappa shape index (κ3) is 2.37. The van der Waals surface area contributed by atoms with Crippen molar-refractivity contribution in [3.63, 3.8) is 0 Å². The average Bonchev–Trinajstić information content (AvgIpc) is 2.81. The lowest BCUT2D eigenvalue weighted by atomic mass is 10.0. The number of rotatable bonds is 4. The molecule has 0 atom stereocenters. The first-order valence-corrected chi connectivity index (χ1v) is 5.34. The maximum atomic E-state index is 11.7. The Bertz CT molecular complexity index is 474. The maximum Gasteiger partial charge on any atom is 0.183 e. The SMILES string of the molecule is Cc1ccccc1CCC(=O)c1c[nH]cn1. The van der Waals surface area contributed by atoms with Crippen LogP contribution in [0, 0.1) is 6.92 Å². The number of carbonyl (C=O) groups excluding carboxylic acids is 1. The maximum absolute atomic E-state index is 11.7. The second-order valence-electron chi connectivity index (χ2n) is 3.80. The van der Waals surface area contributed by atoms with Crippen LogP contribution in [0.15, 0.2) is 36.8 Å². The fraction of sp³-hybridized carbons (Fsp3) is 0.231. The van der Waals surface area contributed by atoms with Crippen molar-refractivity contribution in [2.75, 3.05) is 0 Å². The minimum Gasteiger partial charge on any atom is -0.350 e. The molecule has 0 aliphatic rings. The van der Waals surface area contributed by atoms with Gasteiger partial charge in [-0.15, -0.1) is 0 Å². The van der Waals surface area contributed by atoms with Gasteiger partial charge in [-0.1, -0.05) is 24.3 Å². The molecular formula is C13H14N2O. The molecule has 0 radical (unpaired) electrons. The number of aryl methyl sites for hydroxylation is 2. The van der Waals surface area contributed by atoms with Crippen molar-refractivity contribution in [1.82, 2.24) is 9.97 Å². The largest absolute Gasteiger partial charge is 0.350 e. The van der Waals surface area contributed by atoms with Crippen LogP contribution in [0.1, 0.15) is 28.0 Å². The van der Waals surface area contributed by atoms with E-state index >= 15 is 0 Å². The predicted octanol–water partition coefficient (Wildman–Crippen LogP) is 2.53. The van der Waals surface area contributed by atoms with Crippen molar-refractivity contribution in [1.29, 1.82) is 0 Å². The molecule has 0 aliphatic carbocycles. The van der Waals surface area contributed by atoms with Crippen molar-refractivity contribution in [3.05, 3.63) is 53.6 Å². The molecule has 0 aliphatic heterocycles. The third-order valence-electron chi connectivity index (χ3n) is 2.67. The van der Waals surface area contributed by atoms with Crippen molar-refractivity contribution in [3.8, 4) is 0 Å². The summed E-state index contributed by atoms with van der Waals surface area (Å²) in [7, 11) is 0. The normalized spacial score (nSPS) is 10.3. The molecule has 0 unspecified atom stereocenters. The van der Waals surface area contributed by atoms with E-state index < -0.39 is 0 Å². The zero-order valence-electron chi connectivity index (χ0n) is 9.23. The van der Waals surface area contributed by atoms with Crippen molar-refractivity contribution in [2.24, 2.45) is 0 Å². The fourth-order valence-electron chi connectivity index (χ4n) is 1.68. The Morgan fingerprint density at radius 1 is 1.38 bits per heavy atom. The smallest absolute Gasteiger partial charge is 0.183 e. The van der Waals surface area contributed by atoms with Gasteiger partial charge >= 0.3 is 0 Å². The summed E-state index contributed by atoms with van der Waals surface area (Å²) in [6.45, 7) is 2.06. The highest BCUT2D eigenvalue weighted by atomic mass is 16.1. The van der Waals surface area contributed by atoms with Gasteiger partial charge in [0.05, 0.1) is 6.33 Å². The van der Waals surface area contributed by atoms with Crippen LogP contribution >= 0.6 is 0 Å². The van der Waals surface area contributed by atoms with Crippen LogP contribution < -0.4 is 0 Å². The molecular weight excluding hydrogens is 200 g/mol. The van der Waals surface area contributed by atoms with Gasteiger partial charge in [0.25, 0.3) is 0 Å². The standard InChI is InChI=1S/C13H14N2O/c1-10-4-2-3-5-11(10)6-7-13(16)12-8-14-9-15-12/h2-5,8-9H,6-7H2,1H3,(H,14,15). The number of Topliss-reactive ketones (excluding diaryl/α,β-unsaturated/α-hetero) is 1. The van der Waals surface area contributed by atoms with E-state index in [-0.39, 0.29) is 5.78 Å². The number of carbonyl (C=O) groups is 1. The Hall–Kier alpha value is -1.90. The topological polar surface area (TPSA) is 45.8 Å². The van der Waals surface area contributed by atoms with Crippen LogP contribution in [0.3, 0.4) is 0 Å². The Morgan fingerprint density at radius 3 is 2.88 bits per heavy atom. The molecule has 1 heterocycles. The van der Waals surface area contributed by atoms with Gasteiger partial charge in [-0.25, -0.2) is 4.98 Å². The summed E-state index contributed by atoms with van der Waals surface area (Å²) in [5.41, 5.74) is 2.98. The molecule has 0 spiro atoms. The van der Waals surface area contributed by atoms with Crippen molar-refractivity contribution >= 4 is 5.78 Å². The molecule has 1 aromatic carbocycles. The lowest BCUT2D eigenvalue weighted by Crippen LogP contribution is -2.02. The highest BCUT2D eigenvalue weighted by molar-refractivity contribution is 5.94. The van der Waals surface area contributed by atoms with Crippen LogP contribution in [-0.2, 0) is 6.42 Å². The summed E-state index contributed by atoms with van der Waals surface area (Å²) in [6, 6.07) is 8.14. The molecule has 0 fully saturated rings. The molecule has 2 rings (SSSR count). The summed E-state index contributed by atoms with van der Waals surface area (Å²) in [4.78, 5) is 18.4. The van der Waals surface area contributed by atoms with E-state index in [4.69, 9.17) is 0 Å². The Balaban J connectivity index is 1.98. The minimum atomic E-state index is 0.0875. The number of aromatic nitrogens is 2. The van der Waals surface area contributed by atoms with E-state index in [1.54, 1.807) is 6.20 Å². The number of imidazole rings is 1. The zero-order chi connectivity index (χ0) is 11.4. The van der Waals surface area contributed by atoms with E-state index in [1.165, 1.54) is 17.5 Å². The highest BCUT2D eigenvalue weighted by Crippen LogP contribution is 2.11. The van der Waals surface area contributed by atoms with Gasteiger partial charge in [-0.05, 0) is 24.5 Å². The van der Waals surface area contributed by atoms with E-state index in [1.807, 2.05) is 12.1 Å². The van der Waals surface area contributed by atoms with Crippen LogP contribution in [0.4, 0.5) is 0 Å². The Labute approximate surface area is 94.5 Å². The van der Waals surface area contributed by atoms with E-state index in [0.717, 1.165) is 6.42 Å². The predicted molar refractivity (Wildman–Crippen MR) is 62.4 cm³/mol. The number of hydrogen-bond acceptors (Lipinski definition) is 2. The number of nitrogens with zero attached hydrogens (tertiary/aromatic N) is 1. The molecule has 0 bridgehead atoms. The third-order valence-corrected chi connectivity index (χ3v) is 2.67. The summed E-state index contributed by atoms with van der Waals surface area (Å²) in [6.07, 6.45) is 4.45. The molecule has 0 saturated heterocycles. The lowest BCUT2D eigenvalue weighted by Gasteiger charge is -2.03. The average molecular weight is 214 g/mol.